The first-order valence-corrected chi connectivity index (χ1v) is 3.86. The van der Waals surface area contributed by atoms with Crippen LogP contribution in [0.4, 0.5) is 4.39 Å². The van der Waals surface area contributed by atoms with Crippen molar-refractivity contribution in [3.63, 3.8) is 0 Å². The van der Waals surface area contributed by atoms with Gasteiger partial charge in [0, 0.05) is 6.54 Å². The zero-order valence-corrected chi connectivity index (χ0v) is 6.42. The zero-order chi connectivity index (χ0) is 8.27. The quantitative estimate of drug-likeness (QED) is 0.582. The summed E-state index contributed by atoms with van der Waals surface area (Å²) in [7, 11) is 0. The molecule has 0 bridgehead atoms. The van der Waals surface area contributed by atoms with E-state index in [1.54, 1.807) is 0 Å². The number of nitrogens with zero attached hydrogens (tertiary/aromatic N) is 1. The van der Waals surface area contributed by atoms with E-state index in [9.17, 15) is 9.18 Å². The summed E-state index contributed by atoms with van der Waals surface area (Å²) in [5, 5.41) is 0. The van der Waals surface area contributed by atoms with E-state index < -0.39 is 6.17 Å². The highest BCUT2D eigenvalue weighted by atomic mass is 19.1. The molecule has 0 aromatic rings. The van der Waals surface area contributed by atoms with Crippen LogP contribution < -0.4 is 5.73 Å². The number of halogens is 1. The van der Waals surface area contributed by atoms with Crippen LogP contribution in [0.2, 0.25) is 0 Å². The summed E-state index contributed by atoms with van der Waals surface area (Å²) < 4.78 is 12.7. The monoisotopic (exact) mass is 160 g/mol. The molecule has 4 heteroatoms. The molecule has 0 radical (unpaired) electrons. The van der Waals surface area contributed by atoms with Crippen molar-refractivity contribution < 1.29 is 9.18 Å². The Morgan fingerprint density at radius 3 is 3.00 bits per heavy atom. The zero-order valence-electron chi connectivity index (χ0n) is 6.42. The van der Waals surface area contributed by atoms with Crippen molar-refractivity contribution in [2.24, 2.45) is 5.73 Å². The van der Waals surface area contributed by atoms with E-state index in [2.05, 4.69) is 0 Å². The maximum Gasteiger partial charge on any atom is 0.236 e. The van der Waals surface area contributed by atoms with Crippen molar-refractivity contribution in [1.82, 2.24) is 4.90 Å². The van der Waals surface area contributed by atoms with Crippen LogP contribution in [0, 0.1) is 0 Å². The lowest BCUT2D eigenvalue weighted by atomic mass is 10.1. The summed E-state index contributed by atoms with van der Waals surface area (Å²) >= 11 is 0. The van der Waals surface area contributed by atoms with Crippen LogP contribution >= 0.6 is 0 Å². The summed E-state index contributed by atoms with van der Waals surface area (Å²) in [5.41, 5.74) is 5.13. The van der Waals surface area contributed by atoms with Gasteiger partial charge < -0.3 is 10.6 Å². The van der Waals surface area contributed by atoms with Crippen LogP contribution in [-0.2, 0) is 4.79 Å². The van der Waals surface area contributed by atoms with Gasteiger partial charge >= 0.3 is 0 Å². The van der Waals surface area contributed by atoms with Gasteiger partial charge in [0.1, 0.15) is 6.17 Å². The van der Waals surface area contributed by atoms with E-state index in [0.717, 1.165) is 6.42 Å². The second-order valence-corrected chi connectivity index (χ2v) is 2.78. The Balaban J connectivity index is 2.39. The molecule has 0 aliphatic carbocycles. The van der Waals surface area contributed by atoms with Gasteiger partial charge in [-0.3, -0.25) is 4.79 Å². The Bertz CT molecular complexity index is 151. The average Bonchev–Trinajstić information content (AvgIpc) is 2.03. The Morgan fingerprint density at radius 1 is 1.73 bits per heavy atom. The summed E-state index contributed by atoms with van der Waals surface area (Å²) in [4.78, 5) is 12.4. The molecule has 1 unspecified atom stereocenters. The molecule has 3 nitrogen and oxygen atoms in total. The topological polar surface area (TPSA) is 46.3 Å². The van der Waals surface area contributed by atoms with E-state index in [0.29, 0.717) is 13.0 Å². The minimum atomic E-state index is -0.848. The molecule has 0 aromatic heterocycles. The molecule has 1 heterocycles. The first-order chi connectivity index (χ1) is 5.24. The van der Waals surface area contributed by atoms with Gasteiger partial charge in [0.25, 0.3) is 0 Å². The highest BCUT2D eigenvalue weighted by Gasteiger charge is 2.21. The van der Waals surface area contributed by atoms with Crippen LogP contribution in [0.3, 0.4) is 0 Å². The molecule has 64 valence electrons. The normalized spacial score (nSPS) is 25.3. The number of hydrogen-bond donors (Lipinski definition) is 1. The molecule has 1 amide bonds. The van der Waals surface area contributed by atoms with E-state index >= 15 is 0 Å². The predicted octanol–water partition coefficient (Wildman–Crippen LogP) is -0.0944. The number of carbonyl (C=O) groups excluding carboxylic acids is 1. The smallest absolute Gasteiger partial charge is 0.236 e. The number of nitrogens with two attached hydrogens (primary N) is 1. The molecule has 11 heavy (non-hydrogen) atoms. The molecule has 2 N–H and O–H groups in total. The summed E-state index contributed by atoms with van der Waals surface area (Å²) in [6.45, 7) is 0.888. The molecule has 1 aliphatic rings. The number of piperidine rings is 1. The molecule has 1 saturated heterocycles. The standard InChI is InChI=1S/C7H13FN2O/c8-6-2-1-3-10(5-6)7(11)4-9/h6H,1-5,9H2. The van der Waals surface area contributed by atoms with Gasteiger partial charge in [-0.25, -0.2) is 4.39 Å². The molecule has 1 atom stereocenters. The van der Waals surface area contributed by atoms with E-state index in [1.165, 1.54) is 4.90 Å². The maximum atomic E-state index is 12.7. The molecular weight excluding hydrogens is 147 g/mol. The third-order valence-corrected chi connectivity index (χ3v) is 1.89. The summed E-state index contributed by atoms with van der Waals surface area (Å²) in [5.74, 6) is -0.146. The summed E-state index contributed by atoms with van der Waals surface area (Å²) in [6, 6.07) is 0. The second kappa shape index (κ2) is 3.67. The molecular formula is C7H13FN2O. The molecule has 0 spiro atoms. The number of rotatable bonds is 1. The highest BCUT2D eigenvalue weighted by molar-refractivity contribution is 5.78. The predicted molar refractivity (Wildman–Crippen MR) is 39.8 cm³/mol. The summed E-state index contributed by atoms with van der Waals surface area (Å²) in [6.07, 6.45) is 0.487. The van der Waals surface area contributed by atoms with Crippen LogP contribution in [-0.4, -0.2) is 36.6 Å². The van der Waals surface area contributed by atoms with Crippen molar-refractivity contribution >= 4 is 5.91 Å². The van der Waals surface area contributed by atoms with Crippen LogP contribution in [0.5, 0.6) is 0 Å². The fraction of sp³-hybridized carbons (Fsp3) is 0.857. The van der Waals surface area contributed by atoms with Crippen molar-refractivity contribution in [3.8, 4) is 0 Å². The first kappa shape index (κ1) is 8.46. The fourth-order valence-electron chi connectivity index (χ4n) is 1.28. The van der Waals surface area contributed by atoms with Gasteiger partial charge in [-0.15, -0.1) is 0 Å². The number of likely N-dealkylation sites (tertiary alicyclic amines) is 1. The number of carbonyl (C=O) groups is 1. The van der Waals surface area contributed by atoms with Crippen molar-refractivity contribution in [2.75, 3.05) is 19.6 Å². The average molecular weight is 160 g/mol. The van der Waals surface area contributed by atoms with Gasteiger partial charge in [-0.1, -0.05) is 0 Å². The van der Waals surface area contributed by atoms with Crippen molar-refractivity contribution in [2.45, 2.75) is 19.0 Å². The van der Waals surface area contributed by atoms with E-state index in [1.807, 2.05) is 0 Å². The molecule has 1 aliphatic heterocycles. The van der Waals surface area contributed by atoms with Gasteiger partial charge in [0.2, 0.25) is 5.91 Å². The third-order valence-electron chi connectivity index (χ3n) is 1.89. The van der Waals surface area contributed by atoms with Crippen molar-refractivity contribution in [3.05, 3.63) is 0 Å². The molecule has 1 fully saturated rings. The second-order valence-electron chi connectivity index (χ2n) is 2.78. The fourth-order valence-corrected chi connectivity index (χ4v) is 1.28. The minimum absolute atomic E-state index is 0.00722. The molecule has 0 saturated carbocycles. The van der Waals surface area contributed by atoms with E-state index in [4.69, 9.17) is 5.73 Å². The van der Waals surface area contributed by atoms with Crippen LogP contribution in [0.15, 0.2) is 0 Å². The van der Waals surface area contributed by atoms with Crippen LogP contribution in [0.25, 0.3) is 0 Å². The highest BCUT2D eigenvalue weighted by Crippen LogP contribution is 2.12. The van der Waals surface area contributed by atoms with Crippen LogP contribution in [0.1, 0.15) is 12.8 Å². The number of amides is 1. The Labute approximate surface area is 65.3 Å². The van der Waals surface area contributed by atoms with Crippen molar-refractivity contribution in [1.29, 1.82) is 0 Å². The lowest BCUT2D eigenvalue weighted by Gasteiger charge is -2.28. The lowest BCUT2D eigenvalue weighted by Crippen LogP contribution is -2.43. The lowest BCUT2D eigenvalue weighted by molar-refractivity contribution is -0.131. The SMILES string of the molecule is NCC(=O)N1CCCC(F)C1. The van der Waals surface area contributed by atoms with E-state index in [-0.39, 0.29) is 19.0 Å². The Kier molecular flexibility index (Phi) is 2.82. The van der Waals surface area contributed by atoms with Gasteiger partial charge in [-0.05, 0) is 12.8 Å². The largest absolute Gasteiger partial charge is 0.339 e. The first-order valence-electron chi connectivity index (χ1n) is 3.86. The van der Waals surface area contributed by atoms with Gasteiger partial charge in [0.05, 0.1) is 13.1 Å². The maximum absolute atomic E-state index is 12.7. The Morgan fingerprint density at radius 2 is 2.45 bits per heavy atom. The molecule has 1 rings (SSSR count). The van der Waals surface area contributed by atoms with Gasteiger partial charge in [-0.2, -0.15) is 0 Å². The van der Waals surface area contributed by atoms with Gasteiger partial charge in [0.15, 0.2) is 0 Å². The molecule has 0 aromatic carbocycles. The minimum Gasteiger partial charge on any atom is -0.339 e. The third kappa shape index (κ3) is 2.15. The number of hydrogen-bond acceptors (Lipinski definition) is 2. The number of alkyl halides is 1. The Hall–Kier alpha value is -0.640.